The van der Waals surface area contributed by atoms with Crippen molar-refractivity contribution in [2.24, 2.45) is 11.7 Å². The Morgan fingerprint density at radius 1 is 1.29 bits per heavy atom. The van der Waals surface area contributed by atoms with Gasteiger partial charge in [0, 0.05) is 18.6 Å². The van der Waals surface area contributed by atoms with E-state index in [4.69, 9.17) is 10.5 Å². The maximum atomic E-state index is 12.5. The third kappa shape index (κ3) is 2.80. The summed E-state index contributed by atoms with van der Waals surface area (Å²) in [4.78, 5) is 14.5. The van der Waals surface area contributed by atoms with E-state index in [1.165, 1.54) is 19.3 Å². The second-order valence-electron chi connectivity index (χ2n) is 5.22. The molecule has 1 saturated carbocycles. The van der Waals surface area contributed by atoms with Crippen molar-refractivity contribution in [3.05, 3.63) is 0 Å². The lowest BCUT2D eigenvalue weighted by Gasteiger charge is -2.35. The van der Waals surface area contributed by atoms with Crippen LogP contribution in [0.4, 0.5) is 0 Å². The minimum absolute atomic E-state index is 0.111. The fourth-order valence-corrected chi connectivity index (χ4v) is 3.02. The van der Waals surface area contributed by atoms with E-state index in [-0.39, 0.29) is 17.9 Å². The largest absolute Gasteiger partial charge is 0.379 e. The van der Waals surface area contributed by atoms with E-state index in [1.807, 2.05) is 4.90 Å². The summed E-state index contributed by atoms with van der Waals surface area (Å²) in [5.74, 6) is 0.0984. The van der Waals surface area contributed by atoms with Crippen LogP contribution in [0.5, 0.6) is 0 Å². The molecule has 4 nitrogen and oxygen atoms in total. The maximum Gasteiger partial charge on any atom is 0.229 e. The van der Waals surface area contributed by atoms with Gasteiger partial charge in [-0.2, -0.15) is 0 Å². The number of carbonyl (C=O) groups excluding carboxylic acids is 1. The van der Waals surface area contributed by atoms with Gasteiger partial charge in [-0.05, 0) is 19.8 Å². The number of nitrogens with zero attached hydrogens (tertiary/aromatic N) is 1. The number of hydrogen-bond donors (Lipinski definition) is 1. The third-order valence-corrected chi connectivity index (χ3v) is 4.08. The molecule has 1 saturated heterocycles. The molecule has 98 valence electrons. The van der Waals surface area contributed by atoms with Crippen LogP contribution in [0.25, 0.3) is 0 Å². The molecule has 2 aliphatic rings. The number of rotatable bonds is 3. The fraction of sp³-hybridized carbons (Fsp3) is 0.923. The molecule has 1 heterocycles. The Morgan fingerprint density at radius 2 is 2.00 bits per heavy atom. The summed E-state index contributed by atoms with van der Waals surface area (Å²) in [5, 5.41) is 0. The van der Waals surface area contributed by atoms with Crippen LogP contribution in [0.2, 0.25) is 0 Å². The first-order chi connectivity index (χ1) is 8.24. The summed E-state index contributed by atoms with van der Waals surface area (Å²) >= 11 is 0. The smallest absolute Gasteiger partial charge is 0.229 e. The van der Waals surface area contributed by atoms with Crippen molar-refractivity contribution < 1.29 is 9.53 Å². The fourth-order valence-electron chi connectivity index (χ4n) is 3.02. The number of carbonyl (C=O) groups is 1. The number of amides is 1. The van der Waals surface area contributed by atoms with E-state index in [1.54, 1.807) is 0 Å². The van der Waals surface area contributed by atoms with Gasteiger partial charge in [-0.25, -0.2) is 0 Å². The molecule has 2 atom stereocenters. The number of ether oxygens (including phenoxy) is 1. The van der Waals surface area contributed by atoms with Crippen molar-refractivity contribution in [3.8, 4) is 0 Å². The summed E-state index contributed by atoms with van der Waals surface area (Å²) in [6.45, 7) is 3.89. The van der Waals surface area contributed by atoms with Crippen molar-refractivity contribution >= 4 is 5.91 Å². The van der Waals surface area contributed by atoms with Gasteiger partial charge >= 0.3 is 0 Å². The van der Waals surface area contributed by atoms with Crippen LogP contribution in [0.3, 0.4) is 0 Å². The molecule has 0 aromatic heterocycles. The first kappa shape index (κ1) is 12.8. The van der Waals surface area contributed by atoms with Gasteiger partial charge < -0.3 is 15.4 Å². The van der Waals surface area contributed by atoms with E-state index in [9.17, 15) is 4.79 Å². The van der Waals surface area contributed by atoms with Gasteiger partial charge in [0.2, 0.25) is 5.91 Å². The zero-order chi connectivity index (χ0) is 12.3. The molecule has 0 aromatic carbocycles. The lowest BCUT2D eigenvalue weighted by molar-refractivity contribution is -0.138. The summed E-state index contributed by atoms with van der Waals surface area (Å²) < 4.78 is 5.30. The van der Waals surface area contributed by atoms with Crippen LogP contribution in [0.1, 0.15) is 39.0 Å². The summed E-state index contributed by atoms with van der Waals surface area (Å²) in [7, 11) is 0. The van der Waals surface area contributed by atoms with Gasteiger partial charge in [-0.15, -0.1) is 0 Å². The Morgan fingerprint density at radius 3 is 2.53 bits per heavy atom. The second-order valence-corrected chi connectivity index (χ2v) is 5.22. The summed E-state index contributed by atoms with van der Waals surface area (Å²) in [6, 6.07) is 0.328. The molecule has 2 rings (SSSR count). The summed E-state index contributed by atoms with van der Waals surface area (Å²) in [5.41, 5.74) is 5.93. The Bertz CT molecular complexity index is 264. The van der Waals surface area contributed by atoms with Crippen molar-refractivity contribution in [1.29, 1.82) is 0 Å². The molecule has 4 heteroatoms. The highest BCUT2D eigenvalue weighted by molar-refractivity contribution is 5.80. The SMILES string of the molecule is CCN(C(=O)C1COCC1N)C1CCCCC1. The van der Waals surface area contributed by atoms with E-state index in [0.717, 1.165) is 19.4 Å². The molecule has 0 spiro atoms. The predicted molar refractivity (Wildman–Crippen MR) is 66.5 cm³/mol. The molecule has 2 N–H and O–H groups in total. The minimum Gasteiger partial charge on any atom is -0.379 e. The molecule has 0 bridgehead atoms. The highest BCUT2D eigenvalue weighted by Crippen LogP contribution is 2.25. The predicted octanol–water partition coefficient (Wildman–Crippen LogP) is 1.14. The standard InChI is InChI=1S/C13H24N2O2/c1-2-15(10-6-4-3-5-7-10)13(16)11-8-17-9-12(11)14/h10-12H,2-9,14H2,1H3. The second kappa shape index (κ2) is 5.83. The van der Waals surface area contributed by atoms with Crippen LogP contribution in [0, 0.1) is 5.92 Å². The molecule has 2 fully saturated rings. The van der Waals surface area contributed by atoms with Gasteiger partial charge in [-0.3, -0.25) is 4.79 Å². The molecule has 1 aliphatic carbocycles. The van der Waals surface area contributed by atoms with Gasteiger partial charge in [0.25, 0.3) is 0 Å². The molecular formula is C13H24N2O2. The third-order valence-electron chi connectivity index (χ3n) is 4.08. The van der Waals surface area contributed by atoms with E-state index < -0.39 is 0 Å². The van der Waals surface area contributed by atoms with Crippen molar-refractivity contribution in [2.45, 2.75) is 51.1 Å². The lowest BCUT2D eigenvalue weighted by Crippen LogP contribution is -2.48. The monoisotopic (exact) mass is 240 g/mol. The van der Waals surface area contributed by atoms with Crippen LogP contribution < -0.4 is 5.73 Å². The zero-order valence-electron chi connectivity index (χ0n) is 10.7. The molecule has 1 aliphatic heterocycles. The highest BCUT2D eigenvalue weighted by Gasteiger charge is 2.36. The molecule has 17 heavy (non-hydrogen) atoms. The normalized spacial score (nSPS) is 30.5. The first-order valence-electron chi connectivity index (χ1n) is 6.87. The average Bonchev–Trinajstić information content (AvgIpc) is 2.77. The van der Waals surface area contributed by atoms with Crippen molar-refractivity contribution in [1.82, 2.24) is 4.90 Å². The molecule has 2 unspecified atom stereocenters. The van der Waals surface area contributed by atoms with Gasteiger partial charge in [0.15, 0.2) is 0 Å². The van der Waals surface area contributed by atoms with Crippen LogP contribution in [-0.2, 0) is 9.53 Å². The molecule has 0 radical (unpaired) electrons. The zero-order valence-corrected chi connectivity index (χ0v) is 10.7. The van der Waals surface area contributed by atoms with Crippen molar-refractivity contribution in [2.75, 3.05) is 19.8 Å². The van der Waals surface area contributed by atoms with Gasteiger partial charge in [0.1, 0.15) is 0 Å². The molecule has 1 amide bonds. The van der Waals surface area contributed by atoms with Crippen LogP contribution in [0.15, 0.2) is 0 Å². The van der Waals surface area contributed by atoms with E-state index >= 15 is 0 Å². The number of nitrogens with two attached hydrogens (primary N) is 1. The maximum absolute atomic E-state index is 12.5. The lowest BCUT2D eigenvalue weighted by atomic mass is 9.92. The first-order valence-corrected chi connectivity index (χ1v) is 6.87. The van der Waals surface area contributed by atoms with E-state index in [0.29, 0.717) is 19.3 Å². The van der Waals surface area contributed by atoms with Gasteiger partial charge in [-0.1, -0.05) is 19.3 Å². The quantitative estimate of drug-likeness (QED) is 0.805. The molecular weight excluding hydrogens is 216 g/mol. The van der Waals surface area contributed by atoms with Crippen LogP contribution in [-0.4, -0.2) is 42.6 Å². The number of hydrogen-bond acceptors (Lipinski definition) is 3. The van der Waals surface area contributed by atoms with Crippen molar-refractivity contribution in [3.63, 3.8) is 0 Å². The topological polar surface area (TPSA) is 55.6 Å². The summed E-state index contributed by atoms with van der Waals surface area (Å²) in [6.07, 6.45) is 6.13. The molecule has 0 aromatic rings. The Labute approximate surface area is 103 Å². The minimum atomic E-state index is -0.114. The Balaban J connectivity index is 1.98. The van der Waals surface area contributed by atoms with Gasteiger partial charge in [0.05, 0.1) is 19.1 Å². The van der Waals surface area contributed by atoms with Crippen LogP contribution >= 0.6 is 0 Å². The average molecular weight is 240 g/mol. The Kier molecular flexibility index (Phi) is 4.40. The Hall–Kier alpha value is -0.610. The highest BCUT2D eigenvalue weighted by atomic mass is 16.5. The van der Waals surface area contributed by atoms with E-state index in [2.05, 4.69) is 6.92 Å².